The van der Waals surface area contributed by atoms with Crippen LogP contribution in [0.3, 0.4) is 0 Å². The van der Waals surface area contributed by atoms with Gasteiger partial charge in [-0.2, -0.15) is 0 Å². The van der Waals surface area contributed by atoms with Crippen LogP contribution in [0.4, 0.5) is 11.5 Å². The number of carbonyl (C=O) groups is 1. The Morgan fingerprint density at radius 3 is 2.82 bits per heavy atom. The third-order valence-corrected chi connectivity index (χ3v) is 2.12. The summed E-state index contributed by atoms with van der Waals surface area (Å²) >= 11 is 0. The summed E-state index contributed by atoms with van der Waals surface area (Å²) in [5.41, 5.74) is 0.307. The van der Waals surface area contributed by atoms with Gasteiger partial charge in [-0.1, -0.05) is 0 Å². The number of methoxy groups -OCH3 is 1. The molecule has 1 N–H and O–H groups in total. The van der Waals surface area contributed by atoms with Gasteiger partial charge >= 0.3 is 5.97 Å². The zero-order valence-electron chi connectivity index (χ0n) is 9.60. The van der Waals surface area contributed by atoms with Crippen molar-refractivity contribution < 1.29 is 14.5 Å². The Morgan fingerprint density at radius 1 is 1.59 bits per heavy atom. The molecule has 0 atom stereocenters. The number of rotatable bonds is 5. The summed E-state index contributed by atoms with van der Waals surface area (Å²) in [7, 11) is 1.32. The minimum atomic E-state index is -0.486. The molecule has 0 aliphatic carbocycles. The Bertz CT molecular complexity index is 434. The number of anilines is 1. The van der Waals surface area contributed by atoms with E-state index in [0.717, 1.165) is 0 Å². The molecule has 0 unspecified atom stereocenters. The fraction of sp³-hybridized carbons (Fsp3) is 0.400. The van der Waals surface area contributed by atoms with E-state index in [4.69, 9.17) is 0 Å². The Morgan fingerprint density at radius 2 is 2.29 bits per heavy atom. The quantitative estimate of drug-likeness (QED) is 0.472. The normalized spacial score (nSPS) is 9.76. The molecule has 17 heavy (non-hydrogen) atoms. The third-order valence-electron chi connectivity index (χ3n) is 2.12. The fourth-order valence-corrected chi connectivity index (χ4v) is 1.24. The molecule has 7 nitrogen and oxygen atoms in total. The molecule has 0 saturated heterocycles. The topological polar surface area (TPSA) is 94.4 Å². The van der Waals surface area contributed by atoms with Gasteiger partial charge in [0.2, 0.25) is 0 Å². The Labute approximate surface area is 98.0 Å². The van der Waals surface area contributed by atoms with Crippen LogP contribution >= 0.6 is 0 Å². The van der Waals surface area contributed by atoms with Crippen molar-refractivity contribution in [2.24, 2.45) is 0 Å². The van der Waals surface area contributed by atoms with E-state index in [1.54, 1.807) is 6.92 Å². The maximum absolute atomic E-state index is 10.8. The average molecular weight is 239 g/mol. The van der Waals surface area contributed by atoms with Gasteiger partial charge < -0.3 is 10.1 Å². The second-order valence-electron chi connectivity index (χ2n) is 3.31. The standard InChI is InChI=1S/C10H13N3O4/c1-7-8(13(15)16)3-4-9(12-7)11-6-5-10(14)17-2/h3-4H,5-6H2,1-2H3,(H,11,12). The first-order chi connectivity index (χ1) is 8.04. The maximum Gasteiger partial charge on any atom is 0.307 e. The van der Waals surface area contributed by atoms with Crippen molar-refractivity contribution in [3.8, 4) is 0 Å². The van der Waals surface area contributed by atoms with Crippen LogP contribution in [0, 0.1) is 17.0 Å². The van der Waals surface area contributed by atoms with Crippen molar-refractivity contribution in [2.45, 2.75) is 13.3 Å². The van der Waals surface area contributed by atoms with E-state index in [-0.39, 0.29) is 18.1 Å². The van der Waals surface area contributed by atoms with Crippen molar-refractivity contribution in [3.05, 3.63) is 27.9 Å². The molecular weight excluding hydrogens is 226 g/mol. The second-order valence-corrected chi connectivity index (χ2v) is 3.31. The minimum Gasteiger partial charge on any atom is -0.469 e. The lowest BCUT2D eigenvalue weighted by Crippen LogP contribution is -2.10. The van der Waals surface area contributed by atoms with Gasteiger partial charge in [0.25, 0.3) is 5.69 Å². The molecule has 0 aliphatic rings. The molecule has 0 spiro atoms. The number of nitro groups is 1. The zero-order chi connectivity index (χ0) is 12.8. The maximum atomic E-state index is 10.8. The van der Waals surface area contributed by atoms with E-state index in [9.17, 15) is 14.9 Å². The van der Waals surface area contributed by atoms with Gasteiger partial charge in [0.1, 0.15) is 11.5 Å². The van der Waals surface area contributed by atoms with E-state index >= 15 is 0 Å². The van der Waals surface area contributed by atoms with E-state index < -0.39 is 4.92 Å². The molecule has 92 valence electrons. The van der Waals surface area contributed by atoms with Crippen molar-refractivity contribution in [3.63, 3.8) is 0 Å². The van der Waals surface area contributed by atoms with Crippen molar-refractivity contribution in [1.29, 1.82) is 0 Å². The lowest BCUT2D eigenvalue weighted by atomic mass is 10.3. The number of ether oxygens (including phenoxy) is 1. The van der Waals surface area contributed by atoms with Crippen LogP contribution in [0.15, 0.2) is 12.1 Å². The largest absolute Gasteiger partial charge is 0.469 e. The van der Waals surface area contributed by atoms with Gasteiger partial charge in [-0.05, 0) is 13.0 Å². The van der Waals surface area contributed by atoms with Gasteiger partial charge in [0.05, 0.1) is 18.5 Å². The molecule has 0 saturated carbocycles. The highest BCUT2D eigenvalue weighted by atomic mass is 16.6. The molecule has 0 aromatic carbocycles. The molecule has 0 amide bonds. The van der Waals surface area contributed by atoms with Crippen LogP contribution in [0.1, 0.15) is 12.1 Å². The first kappa shape index (κ1) is 12.9. The summed E-state index contributed by atoms with van der Waals surface area (Å²) < 4.78 is 4.47. The number of nitrogens with zero attached hydrogens (tertiary/aromatic N) is 2. The molecule has 1 aromatic heterocycles. The Balaban J connectivity index is 2.59. The summed E-state index contributed by atoms with van der Waals surface area (Å²) in [6.45, 7) is 1.93. The Hall–Kier alpha value is -2.18. The van der Waals surface area contributed by atoms with Crippen molar-refractivity contribution in [2.75, 3.05) is 19.0 Å². The SMILES string of the molecule is COC(=O)CCNc1ccc([N+](=O)[O-])c(C)n1. The first-order valence-corrected chi connectivity index (χ1v) is 4.97. The highest BCUT2D eigenvalue weighted by molar-refractivity contribution is 5.69. The van der Waals surface area contributed by atoms with E-state index in [2.05, 4.69) is 15.0 Å². The summed E-state index contributed by atoms with van der Waals surface area (Å²) in [6, 6.07) is 2.88. The monoisotopic (exact) mass is 239 g/mol. The number of aryl methyl sites for hydroxylation is 1. The number of hydrogen-bond acceptors (Lipinski definition) is 6. The minimum absolute atomic E-state index is 0.0245. The van der Waals surface area contributed by atoms with Gasteiger partial charge in [0.15, 0.2) is 0 Å². The van der Waals surface area contributed by atoms with E-state index in [1.807, 2.05) is 0 Å². The molecule has 0 aliphatic heterocycles. The molecule has 0 bridgehead atoms. The van der Waals surface area contributed by atoms with Crippen LogP contribution in [-0.2, 0) is 9.53 Å². The molecule has 1 aromatic rings. The summed E-state index contributed by atoms with van der Waals surface area (Å²) in [5, 5.41) is 13.4. The number of carbonyl (C=O) groups excluding carboxylic acids is 1. The lowest BCUT2D eigenvalue weighted by molar-refractivity contribution is -0.385. The second kappa shape index (κ2) is 5.78. The molecule has 0 radical (unpaired) electrons. The van der Waals surface area contributed by atoms with Crippen LogP contribution < -0.4 is 5.32 Å². The van der Waals surface area contributed by atoms with Crippen LogP contribution in [0.2, 0.25) is 0 Å². The van der Waals surface area contributed by atoms with Gasteiger partial charge in [0, 0.05) is 12.6 Å². The summed E-state index contributed by atoms with van der Waals surface area (Å²) in [4.78, 5) is 24.9. The summed E-state index contributed by atoms with van der Waals surface area (Å²) in [5.74, 6) is 0.174. The van der Waals surface area contributed by atoms with Crippen molar-refractivity contribution in [1.82, 2.24) is 4.98 Å². The third kappa shape index (κ3) is 3.71. The van der Waals surface area contributed by atoms with Gasteiger partial charge in [-0.3, -0.25) is 14.9 Å². The summed E-state index contributed by atoms with van der Waals surface area (Å²) in [6.07, 6.45) is 0.216. The van der Waals surface area contributed by atoms with Gasteiger partial charge in [-0.25, -0.2) is 4.98 Å². The number of hydrogen-bond donors (Lipinski definition) is 1. The number of esters is 1. The number of aromatic nitrogens is 1. The van der Waals surface area contributed by atoms with E-state index in [1.165, 1.54) is 19.2 Å². The van der Waals surface area contributed by atoms with Crippen LogP contribution in [-0.4, -0.2) is 29.5 Å². The lowest BCUT2D eigenvalue weighted by Gasteiger charge is -2.05. The molecule has 0 fully saturated rings. The predicted molar refractivity (Wildman–Crippen MR) is 60.8 cm³/mol. The first-order valence-electron chi connectivity index (χ1n) is 4.97. The molecular formula is C10H13N3O4. The average Bonchev–Trinajstić information content (AvgIpc) is 2.28. The highest BCUT2D eigenvalue weighted by Crippen LogP contribution is 2.17. The highest BCUT2D eigenvalue weighted by Gasteiger charge is 2.11. The van der Waals surface area contributed by atoms with Crippen LogP contribution in [0.5, 0.6) is 0 Å². The number of pyridine rings is 1. The van der Waals surface area contributed by atoms with Crippen LogP contribution in [0.25, 0.3) is 0 Å². The molecule has 1 heterocycles. The zero-order valence-corrected chi connectivity index (χ0v) is 9.60. The fourth-order valence-electron chi connectivity index (χ4n) is 1.24. The van der Waals surface area contributed by atoms with Gasteiger partial charge in [-0.15, -0.1) is 0 Å². The van der Waals surface area contributed by atoms with Crippen molar-refractivity contribution >= 4 is 17.5 Å². The van der Waals surface area contributed by atoms with E-state index in [0.29, 0.717) is 18.1 Å². The molecule has 7 heteroatoms. The predicted octanol–water partition coefficient (Wildman–Crippen LogP) is 1.27. The molecule has 1 rings (SSSR count). The smallest absolute Gasteiger partial charge is 0.307 e. The Kier molecular flexibility index (Phi) is 4.38. The number of nitrogens with one attached hydrogen (secondary N) is 1.